The lowest BCUT2D eigenvalue weighted by Gasteiger charge is -2.27. The molecule has 3 nitrogen and oxygen atoms in total. The molecule has 1 aliphatic heterocycles. The van der Waals surface area contributed by atoms with Crippen LogP contribution in [0.3, 0.4) is 0 Å². The molecule has 1 atom stereocenters. The highest BCUT2D eigenvalue weighted by Gasteiger charge is 2.23. The van der Waals surface area contributed by atoms with Crippen LogP contribution in [0.2, 0.25) is 0 Å². The zero-order valence-corrected chi connectivity index (χ0v) is 7.49. The summed E-state index contributed by atoms with van der Waals surface area (Å²) < 4.78 is 10.5. The number of hydrogen-bond acceptors (Lipinski definition) is 3. The molecule has 0 bridgehead atoms. The Kier molecular flexibility index (Phi) is 4.25. The highest BCUT2D eigenvalue weighted by atomic mass is 16.5. The van der Waals surface area contributed by atoms with Crippen LogP contribution in [0.1, 0.15) is 19.3 Å². The molecule has 0 N–H and O–H groups in total. The molecule has 0 aromatic heterocycles. The molecule has 1 aliphatic rings. The number of aldehydes is 1. The topological polar surface area (TPSA) is 35.5 Å². The Bertz CT molecular complexity index is 130. The summed E-state index contributed by atoms with van der Waals surface area (Å²) in [4.78, 5) is 10.3. The molecule has 0 aliphatic carbocycles. The molecule has 70 valence electrons. The third kappa shape index (κ3) is 2.57. The monoisotopic (exact) mass is 172 g/mol. The van der Waals surface area contributed by atoms with Crippen molar-refractivity contribution in [3.63, 3.8) is 0 Å². The average molecular weight is 172 g/mol. The van der Waals surface area contributed by atoms with E-state index < -0.39 is 0 Å². The molecule has 1 rings (SSSR count). The maximum atomic E-state index is 10.3. The van der Waals surface area contributed by atoms with E-state index in [1.165, 1.54) is 0 Å². The number of carbonyl (C=O) groups is 1. The third-order valence-electron chi connectivity index (χ3n) is 2.42. The van der Waals surface area contributed by atoms with Gasteiger partial charge in [-0.3, -0.25) is 0 Å². The van der Waals surface area contributed by atoms with Crippen molar-refractivity contribution in [2.24, 2.45) is 5.92 Å². The SMILES string of the molecule is COC(CC=O)C1CCOCC1. The maximum Gasteiger partial charge on any atom is 0.122 e. The standard InChI is InChI=1S/C9H16O3/c1-11-9(2-5-10)8-3-6-12-7-4-8/h5,8-9H,2-4,6-7H2,1H3. The summed E-state index contributed by atoms with van der Waals surface area (Å²) in [6.45, 7) is 1.62. The molecular formula is C9H16O3. The van der Waals surface area contributed by atoms with Gasteiger partial charge in [-0.25, -0.2) is 0 Å². The quantitative estimate of drug-likeness (QED) is 0.594. The molecular weight excluding hydrogens is 156 g/mol. The molecule has 1 unspecified atom stereocenters. The molecule has 0 aromatic rings. The minimum Gasteiger partial charge on any atom is -0.381 e. The Labute approximate surface area is 73.0 Å². The normalized spacial score (nSPS) is 22.1. The molecule has 1 fully saturated rings. The van der Waals surface area contributed by atoms with Gasteiger partial charge in [-0.2, -0.15) is 0 Å². The summed E-state index contributed by atoms with van der Waals surface area (Å²) in [6.07, 6.45) is 3.59. The Balaban J connectivity index is 2.34. The second-order valence-electron chi connectivity index (χ2n) is 3.13. The molecule has 0 spiro atoms. The summed E-state index contributed by atoms with van der Waals surface area (Å²) in [5.74, 6) is 0.508. The van der Waals surface area contributed by atoms with Gasteiger partial charge in [0.05, 0.1) is 6.10 Å². The van der Waals surface area contributed by atoms with Crippen LogP contribution in [0.15, 0.2) is 0 Å². The summed E-state index contributed by atoms with van der Waals surface area (Å²) >= 11 is 0. The van der Waals surface area contributed by atoms with E-state index in [0.29, 0.717) is 12.3 Å². The van der Waals surface area contributed by atoms with Gasteiger partial charge >= 0.3 is 0 Å². The van der Waals surface area contributed by atoms with Crippen molar-refractivity contribution in [1.82, 2.24) is 0 Å². The van der Waals surface area contributed by atoms with Crippen LogP contribution in [0, 0.1) is 5.92 Å². The first-order valence-corrected chi connectivity index (χ1v) is 4.42. The van der Waals surface area contributed by atoms with Crippen molar-refractivity contribution >= 4 is 6.29 Å². The van der Waals surface area contributed by atoms with Crippen molar-refractivity contribution < 1.29 is 14.3 Å². The van der Waals surface area contributed by atoms with Gasteiger partial charge in [0.1, 0.15) is 6.29 Å². The van der Waals surface area contributed by atoms with E-state index in [0.717, 1.165) is 32.3 Å². The lowest BCUT2D eigenvalue weighted by Crippen LogP contribution is -2.29. The van der Waals surface area contributed by atoms with E-state index in [9.17, 15) is 4.79 Å². The van der Waals surface area contributed by atoms with Crippen LogP contribution in [-0.4, -0.2) is 32.7 Å². The van der Waals surface area contributed by atoms with Gasteiger partial charge < -0.3 is 14.3 Å². The van der Waals surface area contributed by atoms with Crippen LogP contribution in [0.4, 0.5) is 0 Å². The largest absolute Gasteiger partial charge is 0.381 e. The van der Waals surface area contributed by atoms with Gasteiger partial charge in [-0.15, -0.1) is 0 Å². The molecule has 0 saturated carbocycles. The minimum absolute atomic E-state index is 0.103. The van der Waals surface area contributed by atoms with Gasteiger partial charge in [-0.05, 0) is 18.8 Å². The first kappa shape index (κ1) is 9.68. The average Bonchev–Trinajstić information content (AvgIpc) is 2.15. The lowest BCUT2D eigenvalue weighted by molar-refractivity contribution is -0.111. The van der Waals surface area contributed by atoms with Crippen molar-refractivity contribution in [2.45, 2.75) is 25.4 Å². The van der Waals surface area contributed by atoms with Gasteiger partial charge in [0.2, 0.25) is 0 Å². The van der Waals surface area contributed by atoms with E-state index in [2.05, 4.69) is 0 Å². The number of hydrogen-bond donors (Lipinski definition) is 0. The zero-order chi connectivity index (χ0) is 8.81. The molecule has 0 aromatic carbocycles. The summed E-state index contributed by atoms with van der Waals surface area (Å²) in [6, 6.07) is 0. The molecule has 12 heavy (non-hydrogen) atoms. The lowest BCUT2D eigenvalue weighted by atomic mass is 9.92. The van der Waals surface area contributed by atoms with E-state index in [1.54, 1.807) is 7.11 Å². The highest BCUT2D eigenvalue weighted by molar-refractivity contribution is 5.50. The first-order chi connectivity index (χ1) is 5.88. The van der Waals surface area contributed by atoms with Crippen molar-refractivity contribution in [3.8, 4) is 0 Å². The molecule has 3 heteroatoms. The van der Waals surface area contributed by atoms with Gasteiger partial charge in [-0.1, -0.05) is 0 Å². The van der Waals surface area contributed by atoms with Crippen LogP contribution >= 0.6 is 0 Å². The van der Waals surface area contributed by atoms with E-state index in [1.807, 2.05) is 0 Å². The molecule has 0 radical (unpaired) electrons. The van der Waals surface area contributed by atoms with Crippen LogP contribution in [-0.2, 0) is 14.3 Å². The number of carbonyl (C=O) groups excluding carboxylic acids is 1. The summed E-state index contributed by atoms with van der Waals surface area (Å²) in [5, 5.41) is 0. The molecule has 1 heterocycles. The van der Waals surface area contributed by atoms with Crippen molar-refractivity contribution in [3.05, 3.63) is 0 Å². The van der Waals surface area contributed by atoms with Crippen LogP contribution in [0.25, 0.3) is 0 Å². The third-order valence-corrected chi connectivity index (χ3v) is 2.42. The van der Waals surface area contributed by atoms with Crippen molar-refractivity contribution in [1.29, 1.82) is 0 Å². The Morgan fingerprint density at radius 3 is 2.75 bits per heavy atom. The number of methoxy groups -OCH3 is 1. The first-order valence-electron chi connectivity index (χ1n) is 4.42. The Hall–Kier alpha value is -0.410. The molecule has 1 saturated heterocycles. The van der Waals surface area contributed by atoms with E-state index in [-0.39, 0.29) is 6.10 Å². The fourth-order valence-corrected chi connectivity index (χ4v) is 1.66. The van der Waals surface area contributed by atoms with Crippen molar-refractivity contribution in [2.75, 3.05) is 20.3 Å². The van der Waals surface area contributed by atoms with E-state index >= 15 is 0 Å². The van der Waals surface area contributed by atoms with Crippen LogP contribution in [0.5, 0.6) is 0 Å². The highest BCUT2D eigenvalue weighted by Crippen LogP contribution is 2.21. The second kappa shape index (κ2) is 5.27. The Morgan fingerprint density at radius 2 is 2.25 bits per heavy atom. The minimum atomic E-state index is 0.103. The van der Waals surface area contributed by atoms with Gasteiger partial charge in [0.15, 0.2) is 0 Å². The smallest absolute Gasteiger partial charge is 0.122 e. The van der Waals surface area contributed by atoms with Crippen LogP contribution < -0.4 is 0 Å². The fourth-order valence-electron chi connectivity index (χ4n) is 1.66. The predicted molar refractivity (Wildman–Crippen MR) is 45.0 cm³/mol. The maximum absolute atomic E-state index is 10.3. The number of ether oxygens (including phenoxy) is 2. The zero-order valence-electron chi connectivity index (χ0n) is 7.49. The predicted octanol–water partition coefficient (Wildman–Crippen LogP) is 1.02. The summed E-state index contributed by atoms with van der Waals surface area (Å²) in [5.41, 5.74) is 0. The molecule has 0 amide bonds. The van der Waals surface area contributed by atoms with E-state index in [4.69, 9.17) is 9.47 Å². The summed E-state index contributed by atoms with van der Waals surface area (Å²) in [7, 11) is 1.67. The fraction of sp³-hybridized carbons (Fsp3) is 0.889. The Morgan fingerprint density at radius 1 is 1.58 bits per heavy atom. The number of rotatable bonds is 4. The van der Waals surface area contributed by atoms with Gasteiger partial charge in [0, 0.05) is 26.7 Å². The second-order valence-corrected chi connectivity index (χ2v) is 3.13. The van der Waals surface area contributed by atoms with Gasteiger partial charge in [0.25, 0.3) is 0 Å².